The largest absolute Gasteiger partial charge is 0.496 e. The summed E-state index contributed by atoms with van der Waals surface area (Å²) in [4.78, 5) is 15.1. The van der Waals surface area contributed by atoms with Gasteiger partial charge in [0.05, 0.1) is 18.5 Å². The highest BCUT2D eigenvalue weighted by Crippen LogP contribution is 2.40. The van der Waals surface area contributed by atoms with E-state index in [-0.39, 0.29) is 12.7 Å². The third kappa shape index (κ3) is 2.82. The van der Waals surface area contributed by atoms with E-state index in [1.54, 1.807) is 7.11 Å². The van der Waals surface area contributed by atoms with Gasteiger partial charge < -0.3 is 24.8 Å². The molecular weight excluding hydrogens is 358 g/mol. The van der Waals surface area contributed by atoms with Crippen molar-refractivity contribution < 1.29 is 19.0 Å². The van der Waals surface area contributed by atoms with Crippen LogP contribution in [0.3, 0.4) is 0 Å². The summed E-state index contributed by atoms with van der Waals surface area (Å²) in [6.07, 6.45) is 1.50. The molecule has 1 amide bonds. The molecule has 0 atom stereocenters. The Bertz CT molecular complexity index is 922. The number of nitrogens with one attached hydrogen (secondary N) is 2. The Morgan fingerprint density at radius 1 is 1.11 bits per heavy atom. The molecule has 1 spiro atoms. The van der Waals surface area contributed by atoms with Crippen LogP contribution in [0.15, 0.2) is 36.4 Å². The predicted octanol–water partition coefficient (Wildman–Crippen LogP) is 2.82. The molecule has 3 aliphatic heterocycles. The van der Waals surface area contributed by atoms with Crippen molar-refractivity contribution in [2.75, 3.05) is 37.6 Å². The summed E-state index contributed by atoms with van der Waals surface area (Å²) in [5.74, 6) is 2.34. The lowest BCUT2D eigenvalue weighted by molar-refractivity contribution is -0.122. The van der Waals surface area contributed by atoms with Crippen LogP contribution in [-0.2, 0) is 11.3 Å². The van der Waals surface area contributed by atoms with E-state index in [2.05, 4.69) is 15.5 Å². The number of likely N-dealkylation sites (tertiary alicyclic amines) is 1. The molecule has 0 aromatic heterocycles. The first-order valence-electron chi connectivity index (χ1n) is 9.54. The first-order valence-corrected chi connectivity index (χ1v) is 9.54. The fourth-order valence-electron chi connectivity index (χ4n) is 4.22. The number of benzene rings is 2. The first-order chi connectivity index (χ1) is 13.7. The number of para-hydroxylation sites is 2. The van der Waals surface area contributed by atoms with Crippen LogP contribution in [0.2, 0.25) is 0 Å². The minimum Gasteiger partial charge on any atom is -0.496 e. The summed E-state index contributed by atoms with van der Waals surface area (Å²) in [5.41, 5.74) is 2.37. The molecule has 2 aromatic carbocycles. The number of methoxy groups -OCH3 is 1. The molecule has 0 bridgehead atoms. The second-order valence-electron chi connectivity index (χ2n) is 7.50. The van der Waals surface area contributed by atoms with Crippen molar-refractivity contribution in [2.45, 2.75) is 24.9 Å². The van der Waals surface area contributed by atoms with Crippen LogP contribution in [-0.4, -0.2) is 43.3 Å². The summed E-state index contributed by atoms with van der Waals surface area (Å²) in [5, 5.41) is 6.56. The van der Waals surface area contributed by atoms with Crippen LogP contribution in [0.5, 0.6) is 17.2 Å². The molecule has 0 aliphatic carbocycles. The fourth-order valence-corrected chi connectivity index (χ4v) is 4.22. The number of hydrogen-bond acceptors (Lipinski definition) is 6. The van der Waals surface area contributed by atoms with Crippen LogP contribution in [0.4, 0.5) is 11.4 Å². The number of amides is 1. The number of nitrogens with zero attached hydrogens (tertiary/aromatic N) is 1. The van der Waals surface area contributed by atoms with E-state index < -0.39 is 5.54 Å². The van der Waals surface area contributed by atoms with Gasteiger partial charge in [0.2, 0.25) is 12.7 Å². The van der Waals surface area contributed by atoms with Gasteiger partial charge in [0.25, 0.3) is 0 Å². The first kappa shape index (κ1) is 17.2. The van der Waals surface area contributed by atoms with Gasteiger partial charge >= 0.3 is 0 Å². The molecule has 2 aromatic rings. The number of rotatable bonds is 3. The lowest BCUT2D eigenvalue weighted by atomic mass is 9.84. The Morgan fingerprint density at radius 3 is 2.57 bits per heavy atom. The number of fused-ring (bicyclic) bond motifs is 2. The Balaban J connectivity index is 1.30. The van der Waals surface area contributed by atoms with Gasteiger partial charge in [-0.1, -0.05) is 12.1 Å². The van der Waals surface area contributed by atoms with E-state index in [1.807, 2.05) is 36.4 Å². The van der Waals surface area contributed by atoms with E-state index in [0.717, 1.165) is 66.7 Å². The zero-order valence-corrected chi connectivity index (χ0v) is 15.8. The highest BCUT2D eigenvalue weighted by Gasteiger charge is 2.44. The SMILES string of the molecule is COc1cc2c(cc1CN1CCC3(CC1)Nc1ccccc1NC3=O)OCO2. The van der Waals surface area contributed by atoms with E-state index in [9.17, 15) is 4.79 Å². The van der Waals surface area contributed by atoms with Crippen LogP contribution in [0, 0.1) is 0 Å². The van der Waals surface area contributed by atoms with Gasteiger partial charge in [0.1, 0.15) is 11.3 Å². The number of piperidine rings is 1. The molecule has 0 radical (unpaired) electrons. The van der Waals surface area contributed by atoms with Gasteiger partial charge in [-0.3, -0.25) is 9.69 Å². The Hall–Kier alpha value is -2.93. The third-order valence-electron chi connectivity index (χ3n) is 5.86. The van der Waals surface area contributed by atoms with Gasteiger partial charge in [-0.25, -0.2) is 0 Å². The molecule has 0 unspecified atom stereocenters. The molecule has 3 heterocycles. The lowest BCUT2D eigenvalue weighted by Gasteiger charge is -2.44. The molecule has 1 saturated heterocycles. The number of carbonyl (C=O) groups excluding carboxylic acids is 1. The second kappa shape index (κ2) is 6.60. The van der Waals surface area contributed by atoms with Crippen LogP contribution < -0.4 is 24.8 Å². The molecule has 3 aliphatic rings. The van der Waals surface area contributed by atoms with Crippen molar-refractivity contribution in [3.8, 4) is 17.2 Å². The van der Waals surface area contributed by atoms with Crippen LogP contribution in [0.1, 0.15) is 18.4 Å². The number of ether oxygens (including phenoxy) is 3. The average Bonchev–Trinajstić information content (AvgIpc) is 3.17. The molecule has 1 fully saturated rings. The van der Waals surface area contributed by atoms with E-state index in [1.165, 1.54) is 0 Å². The number of carbonyl (C=O) groups is 1. The predicted molar refractivity (Wildman–Crippen MR) is 105 cm³/mol. The summed E-state index contributed by atoms with van der Waals surface area (Å²) < 4.78 is 16.5. The van der Waals surface area contributed by atoms with Gasteiger partial charge in [0.15, 0.2) is 11.5 Å². The van der Waals surface area contributed by atoms with Crippen molar-refractivity contribution in [2.24, 2.45) is 0 Å². The molecule has 0 saturated carbocycles. The van der Waals surface area contributed by atoms with Gasteiger partial charge in [-0.05, 0) is 31.0 Å². The highest BCUT2D eigenvalue weighted by atomic mass is 16.7. The van der Waals surface area contributed by atoms with E-state index >= 15 is 0 Å². The molecule has 7 nitrogen and oxygen atoms in total. The maximum Gasteiger partial charge on any atom is 0.250 e. The van der Waals surface area contributed by atoms with Gasteiger partial charge in [-0.2, -0.15) is 0 Å². The van der Waals surface area contributed by atoms with Crippen molar-refractivity contribution in [1.82, 2.24) is 4.90 Å². The van der Waals surface area contributed by atoms with Crippen molar-refractivity contribution >= 4 is 17.3 Å². The van der Waals surface area contributed by atoms with E-state index in [4.69, 9.17) is 14.2 Å². The molecule has 146 valence electrons. The molecule has 2 N–H and O–H groups in total. The molecule has 5 rings (SSSR count). The second-order valence-corrected chi connectivity index (χ2v) is 7.50. The zero-order chi connectivity index (χ0) is 19.1. The number of hydrogen-bond donors (Lipinski definition) is 2. The topological polar surface area (TPSA) is 72.1 Å². The fraction of sp³-hybridized carbons (Fsp3) is 0.381. The van der Waals surface area contributed by atoms with Crippen molar-refractivity contribution in [3.63, 3.8) is 0 Å². The third-order valence-corrected chi connectivity index (χ3v) is 5.86. The highest BCUT2D eigenvalue weighted by molar-refractivity contribution is 6.06. The lowest BCUT2D eigenvalue weighted by Crippen LogP contribution is -2.58. The van der Waals surface area contributed by atoms with E-state index in [0.29, 0.717) is 0 Å². The van der Waals surface area contributed by atoms with Gasteiger partial charge in [-0.15, -0.1) is 0 Å². The minimum absolute atomic E-state index is 0.0616. The molecule has 7 heteroatoms. The smallest absolute Gasteiger partial charge is 0.250 e. The summed E-state index contributed by atoms with van der Waals surface area (Å²) in [6, 6.07) is 11.7. The van der Waals surface area contributed by atoms with Gasteiger partial charge in [0, 0.05) is 31.3 Å². The normalized spacial score (nSPS) is 19.7. The maximum atomic E-state index is 12.8. The van der Waals surface area contributed by atoms with Crippen LogP contribution in [0.25, 0.3) is 0 Å². The zero-order valence-electron chi connectivity index (χ0n) is 15.8. The number of anilines is 2. The Morgan fingerprint density at radius 2 is 1.82 bits per heavy atom. The van der Waals surface area contributed by atoms with Crippen LogP contribution >= 0.6 is 0 Å². The van der Waals surface area contributed by atoms with Crippen molar-refractivity contribution in [1.29, 1.82) is 0 Å². The van der Waals surface area contributed by atoms with Crippen molar-refractivity contribution in [3.05, 3.63) is 42.0 Å². The summed E-state index contributed by atoms with van der Waals surface area (Å²) in [7, 11) is 1.67. The monoisotopic (exact) mass is 381 g/mol. The molecule has 28 heavy (non-hydrogen) atoms. The quantitative estimate of drug-likeness (QED) is 0.852. The molecular formula is C21H23N3O4. The Labute approximate surface area is 163 Å². The Kier molecular flexibility index (Phi) is 4.05. The minimum atomic E-state index is -0.538. The summed E-state index contributed by atoms with van der Waals surface area (Å²) in [6.45, 7) is 2.63. The summed E-state index contributed by atoms with van der Waals surface area (Å²) >= 11 is 0. The standard InChI is InChI=1S/C21H23N3O4/c1-26-17-11-19-18(27-13-28-19)10-14(17)12-24-8-6-21(7-9-24)20(25)22-15-4-2-3-5-16(15)23-21/h2-5,10-11,23H,6-9,12-13H2,1H3,(H,22,25). The maximum absolute atomic E-state index is 12.8. The average molecular weight is 381 g/mol.